The van der Waals surface area contributed by atoms with Crippen LogP contribution in [0.5, 0.6) is 0 Å². The molecule has 82 valence electrons. The minimum absolute atomic E-state index is 0.148. The van der Waals surface area contributed by atoms with Crippen molar-refractivity contribution in [2.75, 3.05) is 19.8 Å². The lowest BCUT2D eigenvalue weighted by Crippen LogP contribution is -2.51. The molecule has 2 aliphatic rings. The zero-order valence-electron chi connectivity index (χ0n) is 9.25. The topological polar surface area (TPSA) is 47.3 Å². The zero-order valence-corrected chi connectivity index (χ0v) is 9.25. The smallest absolute Gasteiger partial charge is 0.0624 e. The van der Waals surface area contributed by atoms with E-state index in [1.165, 1.54) is 12.8 Å². The molecule has 0 aromatic heterocycles. The van der Waals surface area contributed by atoms with Gasteiger partial charge in [-0.05, 0) is 18.8 Å². The molecule has 1 saturated heterocycles. The normalized spacial score (nSPS) is 47.8. The summed E-state index contributed by atoms with van der Waals surface area (Å²) in [6, 6.07) is 0.921. The highest BCUT2D eigenvalue weighted by Crippen LogP contribution is 2.30. The van der Waals surface area contributed by atoms with Gasteiger partial charge in [0.15, 0.2) is 0 Å². The van der Waals surface area contributed by atoms with Gasteiger partial charge in [0.1, 0.15) is 0 Å². The summed E-state index contributed by atoms with van der Waals surface area (Å²) in [4.78, 5) is 0. The Kier molecular flexibility index (Phi) is 2.82. The summed E-state index contributed by atoms with van der Waals surface area (Å²) in [7, 11) is 0. The first-order chi connectivity index (χ1) is 6.62. The van der Waals surface area contributed by atoms with Gasteiger partial charge in [0, 0.05) is 24.0 Å². The van der Waals surface area contributed by atoms with Crippen LogP contribution in [0.25, 0.3) is 0 Å². The van der Waals surface area contributed by atoms with Crippen LogP contribution in [0.15, 0.2) is 0 Å². The molecule has 4 unspecified atom stereocenters. The van der Waals surface area contributed by atoms with E-state index in [0.717, 1.165) is 31.7 Å². The number of nitrogens with one attached hydrogen (secondary N) is 1. The Hall–Kier alpha value is -0.120. The average molecular weight is 198 g/mol. The van der Waals surface area contributed by atoms with Gasteiger partial charge in [-0.1, -0.05) is 13.8 Å². The number of rotatable bonds is 3. The second-order valence-corrected chi connectivity index (χ2v) is 5.32. The van der Waals surface area contributed by atoms with Gasteiger partial charge >= 0.3 is 0 Å². The van der Waals surface area contributed by atoms with Crippen molar-refractivity contribution in [1.82, 2.24) is 5.32 Å². The van der Waals surface area contributed by atoms with Crippen molar-refractivity contribution in [1.29, 1.82) is 0 Å². The molecule has 1 aliphatic heterocycles. The summed E-state index contributed by atoms with van der Waals surface area (Å²) in [5, 5.41) is 3.62. The van der Waals surface area contributed by atoms with Gasteiger partial charge in [0.05, 0.1) is 13.2 Å². The molecule has 1 saturated carbocycles. The third-order valence-electron chi connectivity index (χ3n) is 4.01. The molecule has 0 bridgehead atoms. The monoisotopic (exact) mass is 198 g/mol. The summed E-state index contributed by atoms with van der Waals surface area (Å²) in [5.41, 5.74) is 6.18. The molecule has 2 fully saturated rings. The zero-order chi connectivity index (χ0) is 10.2. The van der Waals surface area contributed by atoms with Crippen LogP contribution in [-0.4, -0.2) is 31.8 Å². The second kappa shape index (κ2) is 3.80. The van der Waals surface area contributed by atoms with Gasteiger partial charge in [-0.3, -0.25) is 0 Å². The molecular formula is C11H22N2O. The molecular weight excluding hydrogens is 176 g/mol. The van der Waals surface area contributed by atoms with Gasteiger partial charge < -0.3 is 15.8 Å². The molecule has 1 aliphatic carbocycles. The maximum atomic E-state index is 6.03. The fraction of sp³-hybridized carbons (Fsp3) is 1.00. The third kappa shape index (κ3) is 1.81. The lowest BCUT2D eigenvalue weighted by atomic mass is 9.79. The highest BCUT2D eigenvalue weighted by molar-refractivity contribution is 4.94. The van der Waals surface area contributed by atoms with Crippen molar-refractivity contribution in [2.45, 2.75) is 38.8 Å². The summed E-state index contributed by atoms with van der Waals surface area (Å²) in [5.74, 6) is 0.845. The van der Waals surface area contributed by atoms with Crippen molar-refractivity contribution >= 4 is 0 Å². The molecule has 3 heteroatoms. The molecule has 14 heavy (non-hydrogen) atoms. The molecule has 1 heterocycles. The Morgan fingerprint density at radius 1 is 1.50 bits per heavy atom. The van der Waals surface area contributed by atoms with E-state index in [-0.39, 0.29) is 11.5 Å². The first kappa shape index (κ1) is 10.4. The first-order valence-electron chi connectivity index (χ1n) is 5.68. The Morgan fingerprint density at radius 2 is 2.29 bits per heavy atom. The van der Waals surface area contributed by atoms with E-state index >= 15 is 0 Å². The summed E-state index contributed by atoms with van der Waals surface area (Å²) < 4.78 is 5.42. The molecule has 3 N–H and O–H groups in total. The molecule has 0 spiro atoms. The van der Waals surface area contributed by atoms with Crippen molar-refractivity contribution in [2.24, 2.45) is 17.1 Å². The van der Waals surface area contributed by atoms with Gasteiger partial charge in [-0.15, -0.1) is 0 Å². The van der Waals surface area contributed by atoms with E-state index in [1.807, 2.05) is 0 Å². The molecule has 3 nitrogen and oxygen atoms in total. The Balaban J connectivity index is 1.79. The van der Waals surface area contributed by atoms with E-state index in [4.69, 9.17) is 10.5 Å². The number of ether oxygens (including phenoxy) is 1. The van der Waals surface area contributed by atoms with E-state index in [2.05, 4.69) is 19.2 Å². The van der Waals surface area contributed by atoms with Crippen LogP contribution in [0.1, 0.15) is 26.7 Å². The van der Waals surface area contributed by atoms with Gasteiger partial charge in [-0.25, -0.2) is 0 Å². The first-order valence-corrected chi connectivity index (χ1v) is 5.68. The van der Waals surface area contributed by atoms with Crippen LogP contribution in [0.3, 0.4) is 0 Å². The Morgan fingerprint density at radius 3 is 2.71 bits per heavy atom. The Bertz CT molecular complexity index is 209. The summed E-state index contributed by atoms with van der Waals surface area (Å²) >= 11 is 0. The fourth-order valence-corrected chi connectivity index (χ4v) is 2.24. The van der Waals surface area contributed by atoms with Crippen molar-refractivity contribution < 1.29 is 4.74 Å². The van der Waals surface area contributed by atoms with E-state index in [1.54, 1.807) is 0 Å². The summed E-state index contributed by atoms with van der Waals surface area (Å²) in [6.07, 6.45) is 2.70. The van der Waals surface area contributed by atoms with Gasteiger partial charge in [0.2, 0.25) is 0 Å². The maximum absolute atomic E-state index is 6.03. The molecule has 0 aromatic rings. The third-order valence-corrected chi connectivity index (χ3v) is 4.01. The average Bonchev–Trinajstić information content (AvgIpc) is 2.45. The lowest BCUT2D eigenvalue weighted by Gasteiger charge is -2.38. The largest absolute Gasteiger partial charge is 0.379 e. The van der Waals surface area contributed by atoms with Crippen molar-refractivity contribution in [3.63, 3.8) is 0 Å². The fourth-order valence-electron chi connectivity index (χ4n) is 2.24. The van der Waals surface area contributed by atoms with E-state index in [0.29, 0.717) is 0 Å². The molecule has 2 rings (SSSR count). The standard InChI is InChI=1S/C11H22N2O/c1-8-3-4-9(8)13-6-11(2)7-14-5-10(11)12/h8-10,13H,3-7,12H2,1-2H3. The SMILES string of the molecule is CC1CCC1NCC1(C)COCC1N. The molecule has 4 atom stereocenters. The molecule has 0 aromatic carbocycles. The maximum Gasteiger partial charge on any atom is 0.0624 e. The van der Waals surface area contributed by atoms with E-state index in [9.17, 15) is 0 Å². The van der Waals surface area contributed by atoms with Crippen molar-refractivity contribution in [3.8, 4) is 0 Å². The lowest BCUT2D eigenvalue weighted by molar-refractivity contribution is 0.143. The van der Waals surface area contributed by atoms with Crippen LogP contribution < -0.4 is 11.1 Å². The number of nitrogens with two attached hydrogens (primary N) is 1. The van der Waals surface area contributed by atoms with Crippen molar-refractivity contribution in [3.05, 3.63) is 0 Å². The van der Waals surface area contributed by atoms with Crippen LogP contribution in [0.2, 0.25) is 0 Å². The predicted octanol–water partition coefficient (Wildman–Crippen LogP) is 0.738. The van der Waals surface area contributed by atoms with Crippen LogP contribution in [0.4, 0.5) is 0 Å². The van der Waals surface area contributed by atoms with Crippen LogP contribution in [0, 0.1) is 11.3 Å². The van der Waals surface area contributed by atoms with Gasteiger partial charge in [0.25, 0.3) is 0 Å². The minimum atomic E-state index is 0.148. The van der Waals surface area contributed by atoms with Crippen LogP contribution >= 0.6 is 0 Å². The minimum Gasteiger partial charge on any atom is -0.379 e. The Labute approximate surface area is 86.4 Å². The van der Waals surface area contributed by atoms with E-state index < -0.39 is 0 Å². The quantitative estimate of drug-likeness (QED) is 0.703. The second-order valence-electron chi connectivity index (χ2n) is 5.32. The van der Waals surface area contributed by atoms with Crippen LogP contribution in [-0.2, 0) is 4.74 Å². The number of hydrogen-bond acceptors (Lipinski definition) is 3. The molecule has 0 amide bonds. The number of hydrogen-bond donors (Lipinski definition) is 2. The summed E-state index contributed by atoms with van der Waals surface area (Å²) in [6.45, 7) is 7.07. The predicted molar refractivity (Wildman–Crippen MR) is 57.1 cm³/mol. The highest BCUT2D eigenvalue weighted by Gasteiger charge is 2.38. The highest BCUT2D eigenvalue weighted by atomic mass is 16.5. The molecule has 0 radical (unpaired) electrons. The van der Waals surface area contributed by atoms with Gasteiger partial charge in [-0.2, -0.15) is 0 Å².